The lowest BCUT2D eigenvalue weighted by molar-refractivity contribution is -0.225. The number of hydrogen-bond donors (Lipinski definition) is 1. The summed E-state index contributed by atoms with van der Waals surface area (Å²) in [5.41, 5.74) is 5.86. The van der Waals surface area contributed by atoms with Crippen LogP contribution in [0.5, 0.6) is 0 Å². The van der Waals surface area contributed by atoms with Crippen molar-refractivity contribution in [1.29, 1.82) is 0 Å². The third-order valence-corrected chi connectivity index (χ3v) is 17.2. The smallest absolute Gasteiger partial charge is 0.338 e. The van der Waals surface area contributed by atoms with Crippen molar-refractivity contribution in [2.45, 2.75) is 145 Å². The Balaban J connectivity index is 1.12. The highest BCUT2D eigenvalue weighted by Crippen LogP contribution is 2.77. The van der Waals surface area contributed by atoms with E-state index in [-0.39, 0.29) is 11.4 Å². The van der Waals surface area contributed by atoms with Crippen LogP contribution in [0.1, 0.15) is 155 Å². The predicted molar refractivity (Wildman–Crippen MR) is 217 cm³/mol. The zero-order chi connectivity index (χ0) is 37.3. The molecule has 1 aromatic carbocycles. The Morgan fingerprint density at radius 2 is 1.60 bits per heavy atom. The molecule has 0 radical (unpaired) electrons. The van der Waals surface area contributed by atoms with Gasteiger partial charge >= 0.3 is 5.97 Å². The quantitative estimate of drug-likeness (QED) is 0.166. The van der Waals surface area contributed by atoms with E-state index < -0.39 is 5.60 Å². The van der Waals surface area contributed by atoms with E-state index in [2.05, 4.69) is 76.5 Å². The van der Waals surface area contributed by atoms with E-state index in [1.54, 1.807) is 0 Å². The summed E-state index contributed by atoms with van der Waals surface area (Å²) in [7, 11) is 0. The molecule has 4 saturated carbocycles. The average Bonchev–Trinajstić information content (AvgIpc) is 3.47. The molecule has 1 heterocycles. The molecule has 0 bridgehead atoms. The van der Waals surface area contributed by atoms with Gasteiger partial charge in [-0.15, -0.1) is 0 Å². The monoisotopic (exact) mass is 711 g/mol. The molecule has 0 spiro atoms. The number of allylic oxidation sites excluding steroid dienone is 3. The Bertz CT molecular complexity index is 1530. The molecule has 0 aromatic heterocycles. The molecule has 4 heteroatoms. The zero-order valence-electron chi connectivity index (χ0n) is 34.8. The zero-order valence-corrected chi connectivity index (χ0v) is 34.8. The number of carbonyl (C=O) groups excluding carboxylic acids is 1. The topological polar surface area (TPSA) is 41.6 Å². The number of likely N-dealkylation sites (tertiary alicyclic amines) is 1. The van der Waals surface area contributed by atoms with Gasteiger partial charge in [-0.05, 0) is 191 Å². The summed E-state index contributed by atoms with van der Waals surface area (Å²) in [4.78, 5) is 15.5. The molecular formula is C48H74N2O2. The molecule has 0 unspecified atom stereocenters. The number of carbonyl (C=O) groups is 1. The molecule has 9 atom stereocenters. The van der Waals surface area contributed by atoms with E-state index in [0.717, 1.165) is 30.7 Å². The molecule has 288 valence electrons. The molecular weight excluding hydrogens is 637 g/mol. The molecule has 1 saturated heterocycles. The summed E-state index contributed by atoms with van der Waals surface area (Å²) < 4.78 is 5.67. The Morgan fingerprint density at radius 3 is 2.27 bits per heavy atom. The highest BCUT2D eigenvalue weighted by Gasteiger charge is 2.70. The van der Waals surface area contributed by atoms with Crippen LogP contribution in [-0.2, 0) is 4.74 Å². The second kappa shape index (κ2) is 13.7. The Kier molecular flexibility index (Phi) is 10.1. The number of ether oxygens (including phenoxy) is 1. The summed E-state index contributed by atoms with van der Waals surface area (Å²) >= 11 is 0. The molecule has 1 aliphatic heterocycles. The van der Waals surface area contributed by atoms with Gasteiger partial charge in [-0.2, -0.15) is 0 Å². The van der Waals surface area contributed by atoms with Crippen LogP contribution in [-0.4, -0.2) is 49.2 Å². The first kappa shape index (κ1) is 38.4. The van der Waals surface area contributed by atoms with Crippen LogP contribution in [0, 0.1) is 56.7 Å². The third kappa shape index (κ3) is 6.30. The number of hydrogen-bond acceptors (Lipinski definition) is 4. The Morgan fingerprint density at radius 1 is 0.885 bits per heavy atom. The minimum absolute atomic E-state index is 0.0671. The van der Waals surface area contributed by atoms with Gasteiger partial charge in [0.1, 0.15) is 5.60 Å². The van der Waals surface area contributed by atoms with Crippen molar-refractivity contribution in [3.05, 3.63) is 53.6 Å². The lowest BCUT2D eigenvalue weighted by Gasteiger charge is -2.72. The molecule has 7 rings (SSSR count). The maximum atomic E-state index is 12.8. The molecule has 4 nitrogen and oxygen atoms in total. The van der Waals surface area contributed by atoms with Crippen LogP contribution in [0.15, 0.2) is 42.5 Å². The highest BCUT2D eigenvalue weighted by molar-refractivity contribution is 5.90. The van der Waals surface area contributed by atoms with Gasteiger partial charge in [-0.25, -0.2) is 4.79 Å². The van der Waals surface area contributed by atoms with Crippen molar-refractivity contribution in [2.24, 2.45) is 56.7 Å². The summed E-state index contributed by atoms with van der Waals surface area (Å²) in [5, 5.41) is 4.08. The predicted octanol–water partition coefficient (Wildman–Crippen LogP) is 11.4. The molecule has 0 amide bonds. The molecule has 52 heavy (non-hydrogen) atoms. The number of nitrogens with one attached hydrogen (secondary N) is 1. The standard InChI is InChI=1S/C48H74N2O2/c1-33(2)36-20-25-48(32-49-28-31-50-29-12-11-13-30-50)27-26-46(9)38(41(36)48)18-19-40-45(8)23-21-37(44(6,7)39(45)22-24-47(40,46)10)34-14-16-35(17-15-34)42(51)52-43(3,4)5/h14-17,21,36,38-41,49H,1,11-13,18-20,22-32H2,2-10H3/t36-,38+,39-,40+,41+,45-,46+,47+,48+/m0/s1. The van der Waals surface area contributed by atoms with E-state index in [1.807, 2.05) is 32.9 Å². The summed E-state index contributed by atoms with van der Waals surface area (Å²) in [6, 6.07) is 8.29. The van der Waals surface area contributed by atoms with Gasteiger partial charge in [0.2, 0.25) is 0 Å². The van der Waals surface area contributed by atoms with Crippen molar-refractivity contribution in [1.82, 2.24) is 10.2 Å². The first-order valence-electron chi connectivity index (χ1n) is 21.6. The summed E-state index contributed by atoms with van der Waals surface area (Å²) in [6.45, 7) is 32.3. The fraction of sp³-hybridized carbons (Fsp3) is 0.771. The average molecular weight is 711 g/mol. The van der Waals surface area contributed by atoms with Crippen LogP contribution >= 0.6 is 0 Å². The number of esters is 1. The first-order valence-corrected chi connectivity index (χ1v) is 21.6. The maximum absolute atomic E-state index is 12.8. The Labute approximate surface area is 318 Å². The third-order valence-electron chi connectivity index (χ3n) is 17.2. The number of piperidine rings is 1. The lowest BCUT2D eigenvalue weighted by atomic mass is 9.32. The van der Waals surface area contributed by atoms with Crippen molar-refractivity contribution in [3.8, 4) is 0 Å². The lowest BCUT2D eigenvalue weighted by Crippen LogP contribution is -2.65. The number of rotatable bonds is 8. The maximum Gasteiger partial charge on any atom is 0.338 e. The van der Waals surface area contributed by atoms with Gasteiger partial charge in [0.15, 0.2) is 0 Å². The van der Waals surface area contributed by atoms with Gasteiger partial charge in [0.25, 0.3) is 0 Å². The fourth-order valence-corrected chi connectivity index (χ4v) is 14.6. The van der Waals surface area contributed by atoms with Crippen LogP contribution in [0.25, 0.3) is 5.57 Å². The summed E-state index contributed by atoms with van der Waals surface area (Å²) in [6.07, 6.45) is 18.9. The minimum Gasteiger partial charge on any atom is -0.456 e. The van der Waals surface area contributed by atoms with Gasteiger partial charge in [0, 0.05) is 19.6 Å². The molecule has 6 aliphatic rings. The van der Waals surface area contributed by atoms with Crippen molar-refractivity contribution in [2.75, 3.05) is 32.7 Å². The molecule has 5 fully saturated rings. The fourth-order valence-electron chi connectivity index (χ4n) is 14.6. The Hall–Kier alpha value is -1.91. The van der Waals surface area contributed by atoms with E-state index >= 15 is 0 Å². The minimum atomic E-state index is -0.493. The second-order valence-corrected chi connectivity index (χ2v) is 21.3. The van der Waals surface area contributed by atoms with E-state index in [0.29, 0.717) is 39.1 Å². The number of nitrogens with zero attached hydrogens (tertiary/aromatic N) is 1. The van der Waals surface area contributed by atoms with Gasteiger partial charge in [-0.3, -0.25) is 0 Å². The van der Waals surface area contributed by atoms with Crippen LogP contribution in [0.2, 0.25) is 0 Å². The van der Waals surface area contributed by atoms with E-state index in [9.17, 15) is 4.79 Å². The van der Waals surface area contributed by atoms with Crippen molar-refractivity contribution in [3.63, 3.8) is 0 Å². The molecule has 5 aliphatic carbocycles. The van der Waals surface area contributed by atoms with E-state index in [1.165, 1.54) is 114 Å². The second-order valence-electron chi connectivity index (χ2n) is 21.3. The number of benzene rings is 1. The van der Waals surface area contributed by atoms with Crippen molar-refractivity contribution < 1.29 is 9.53 Å². The van der Waals surface area contributed by atoms with Crippen LogP contribution in [0.3, 0.4) is 0 Å². The molecule has 1 aromatic rings. The van der Waals surface area contributed by atoms with E-state index in [4.69, 9.17) is 4.74 Å². The van der Waals surface area contributed by atoms with Gasteiger partial charge in [0.05, 0.1) is 5.56 Å². The van der Waals surface area contributed by atoms with Crippen molar-refractivity contribution >= 4 is 11.5 Å². The first-order chi connectivity index (χ1) is 24.5. The summed E-state index contributed by atoms with van der Waals surface area (Å²) in [5.74, 6) is 3.39. The highest BCUT2D eigenvalue weighted by atomic mass is 16.6. The molecule has 1 N–H and O–H groups in total. The van der Waals surface area contributed by atoms with Crippen LogP contribution in [0.4, 0.5) is 0 Å². The SMILES string of the molecule is C=C(C)[C@@H]1CC[C@]2(CNCCN3CCCCC3)CC[C@]3(C)[C@H](CC[C@@H]4[C@@]5(C)CC=C(c6ccc(C(=O)OC(C)(C)C)cc6)C(C)(C)[C@@H]5CC[C@]43C)[C@@H]12. The normalized spacial score (nSPS) is 40.1. The van der Waals surface area contributed by atoms with Gasteiger partial charge in [-0.1, -0.05) is 71.4 Å². The number of fused-ring (bicyclic) bond motifs is 7. The van der Waals surface area contributed by atoms with Gasteiger partial charge < -0.3 is 15.0 Å². The largest absolute Gasteiger partial charge is 0.456 e. The van der Waals surface area contributed by atoms with Crippen LogP contribution < -0.4 is 5.32 Å².